The lowest BCUT2D eigenvalue weighted by molar-refractivity contribution is -0.209. The van der Waals surface area contributed by atoms with Gasteiger partial charge in [-0.1, -0.05) is 36.4 Å². The lowest BCUT2D eigenvalue weighted by atomic mass is 9.84. The van der Waals surface area contributed by atoms with Crippen LogP contribution >= 0.6 is 31.3 Å². The largest absolute Gasteiger partial charge is 0.470 e. The van der Waals surface area contributed by atoms with Crippen LogP contribution in [0.15, 0.2) is 60.7 Å². The van der Waals surface area contributed by atoms with Gasteiger partial charge in [-0.3, -0.25) is 18.1 Å². The van der Waals surface area contributed by atoms with Crippen molar-refractivity contribution in [2.24, 2.45) is 0 Å². The molecule has 0 spiro atoms. The summed E-state index contributed by atoms with van der Waals surface area (Å²) in [5.74, 6) is -2.86. The van der Waals surface area contributed by atoms with E-state index in [0.29, 0.717) is 0 Å². The molecule has 1 fully saturated rings. The van der Waals surface area contributed by atoms with Gasteiger partial charge in [0, 0.05) is 0 Å². The van der Waals surface area contributed by atoms with Crippen LogP contribution in [0.25, 0.3) is 0 Å². The number of phosphoric acid groups is 4. The number of ether oxygens (including phenoxy) is 2. The Balaban J connectivity index is 2.29. The van der Waals surface area contributed by atoms with Crippen molar-refractivity contribution >= 4 is 43.2 Å². The Morgan fingerprint density at radius 1 is 0.432 bits per heavy atom. The van der Waals surface area contributed by atoms with E-state index in [0.717, 1.165) is 24.3 Å². The van der Waals surface area contributed by atoms with E-state index in [-0.39, 0.29) is 11.1 Å². The summed E-state index contributed by atoms with van der Waals surface area (Å²) in [5, 5.41) is 0. The molecule has 1 aliphatic carbocycles. The summed E-state index contributed by atoms with van der Waals surface area (Å²) in [6.45, 7) is 0. The molecule has 0 heterocycles. The molecule has 1 aliphatic rings. The second-order valence-corrected chi connectivity index (χ2v) is 13.5. The Bertz CT molecular complexity index is 1320. The van der Waals surface area contributed by atoms with E-state index in [2.05, 4.69) is 18.1 Å². The summed E-state index contributed by atoms with van der Waals surface area (Å²) in [6, 6.07) is 12.8. The zero-order chi connectivity index (χ0) is 33.1. The Hall–Kier alpha value is -2.18. The van der Waals surface area contributed by atoms with Crippen molar-refractivity contribution in [1.29, 1.82) is 0 Å². The van der Waals surface area contributed by atoms with Gasteiger partial charge in [0.1, 0.15) is 24.4 Å². The summed E-state index contributed by atoms with van der Waals surface area (Å²) in [7, 11) is -23.4. The number of hydrogen-bond acceptors (Lipinski definition) is 12. The normalized spacial score (nSPS) is 24.8. The first-order valence-electron chi connectivity index (χ1n) is 11.6. The van der Waals surface area contributed by atoms with Gasteiger partial charge in [-0.05, 0) is 24.3 Å². The first-order valence-corrected chi connectivity index (χ1v) is 17.7. The number of benzene rings is 2. The molecule has 244 valence electrons. The van der Waals surface area contributed by atoms with E-state index >= 15 is 0 Å². The van der Waals surface area contributed by atoms with E-state index in [4.69, 9.17) is 9.47 Å². The molecule has 44 heavy (non-hydrogen) atoms. The van der Waals surface area contributed by atoms with Gasteiger partial charge in [-0.2, -0.15) is 0 Å². The van der Waals surface area contributed by atoms with E-state index < -0.39 is 79.9 Å². The summed E-state index contributed by atoms with van der Waals surface area (Å²) >= 11 is 0. The molecule has 6 atom stereocenters. The Morgan fingerprint density at radius 3 is 0.864 bits per heavy atom. The lowest BCUT2D eigenvalue weighted by Crippen LogP contribution is -2.67. The van der Waals surface area contributed by atoms with Crippen LogP contribution in [0.1, 0.15) is 20.7 Å². The molecule has 0 amide bonds. The minimum absolute atomic E-state index is 0.310. The standard InChI is InChI=1S/C20H24O20P4/c21-19(11-7-3-1-4-8-11)35-13-15(37-41(23,24)25)17(39-43(29,30)31)14(36-20(22)12-9-5-2-6-10-12)18(40-44(32,33)34)16(13)38-42(26,27)28/h1-10,13-18H,(H2,23,24,25)(H2,26,27,28)(H2,29,30,31)(H2,32,33,34)/t13?,14?,15-,16-,17-,18+/m1/s1. The molecule has 8 N–H and O–H groups in total. The SMILES string of the molecule is O=C(OC1[C@@H](OP(=O)(O)O)[C@H](OP(=O)(O)O)C(OC(=O)c2ccccc2)[C@H](OP(=O)(O)O)[C@@H]1OP(=O)(O)O)c1ccccc1. The summed E-state index contributed by atoms with van der Waals surface area (Å²) in [6.07, 6.45) is -16.3. The van der Waals surface area contributed by atoms with Crippen LogP contribution in [0.3, 0.4) is 0 Å². The quantitative estimate of drug-likeness (QED) is 0.109. The zero-order valence-electron chi connectivity index (χ0n) is 21.5. The minimum Gasteiger partial charge on any atom is -0.453 e. The van der Waals surface area contributed by atoms with Crippen molar-refractivity contribution in [1.82, 2.24) is 0 Å². The Morgan fingerprint density at radius 2 is 0.659 bits per heavy atom. The molecule has 0 bridgehead atoms. The second kappa shape index (κ2) is 14.1. The highest BCUT2D eigenvalue weighted by atomic mass is 31.2. The van der Waals surface area contributed by atoms with Crippen molar-refractivity contribution in [3.05, 3.63) is 71.8 Å². The average molecular weight is 708 g/mol. The molecule has 3 rings (SSSR count). The third-order valence-electron chi connectivity index (χ3n) is 5.48. The Kier molecular flexibility index (Phi) is 11.6. The maximum absolute atomic E-state index is 13.0. The first-order chi connectivity index (χ1) is 20.1. The average Bonchev–Trinajstić information content (AvgIpc) is 2.88. The molecule has 24 heteroatoms. The highest BCUT2D eigenvalue weighted by molar-refractivity contribution is 7.47. The summed E-state index contributed by atoms with van der Waals surface area (Å²) in [4.78, 5) is 103. The van der Waals surface area contributed by atoms with E-state index in [1.165, 1.54) is 36.4 Å². The Labute approximate surface area is 246 Å². The molecule has 0 radical (unpaired) electrons. The fourth-order valence-electron chi connectivity index (χ4n) is 4.04. The van der Waals surface area contributed by atoms with Crippen molar-refractivity contribution in [3.63, 3.8) is 0 Å². The smallest absolute Gasteiger partial charge is 0.453 e. The van der Waals surface area contributed by atoms with E-state index in [1.54, 1.807) is 0 Å². The number of hydrogen-bond donors (Lipinski definition) is 8. The molecule has 20 nitrogen and oxygen atoms in total. The van der Waals surface area contributed by atoms with Crippen LogP contribution < -0.4 is 0 Å². The van der Waals surface area contributed by atoms with E-state index in [9.17, 15) is 67.0 Å². The van der Waals surface area contributed by atoms with Crippen molar-refractivity contribution in [2.75, 3.05) is 0 Å². The molecule has 1 saturated carbocycles. The van der Waals surface area contributed by atoms with E-state index in [1.807, 2.05) is 0 Å². The fourth-order valence-corrected chi connectivity index (χ4v) is 6.26. The van der Waals surface area contributed by atoms with Gasteiger partial charge in [0.25, 0.3) is 0 Å². The summed E-state index contributed by atoms with van der Waals surface area (Å²) in [5.41, 5.74) is -0.621. The van der Waals surface area contributed by atoms with Crippen molar-refractivity contribution in [2.45, 2.75) is 36.6 Å². The van der Waals surface area contributed by atoms with Gasteiger partial charge in [0.15, 0.2) is 12.2 Å². The van der Waals surface area contributed by atoms with Crippen LogP contribution in [0.4, 0.5) is 0 Å². The van der Waals surface area contributed by atoms with Crippen molar-refractivity contribution in [3.8, 4) is 0 Å². The van der Waals surface area contributed by atoms with Crippen LogP contribution in [0, 0.1) is 0 Å². The monoisotopic (exact) mass is 708 g/mol. The maximum Gasteiger partial charge on any atom is 0.470 e. The molecule has 0 aromatic heterocycles. The molecule has 0 aliphatic heterocycles. The van der Waals surface area contributed by atoms with Gasteiger partial charge in [0.05, 0.1) is 11.1 Å². The topological polar surface area (TPSA) is 320 Å². The molecular formula is C20H24O20P4. The lowest BCUT2D eigenvalue weighted by Gasteiger charge is -2.47. The summed E-state index contributed by atoms with van der Waals surface area (Å²) < 4.78 is 76.5. The number of carbonyl (C=O) groups is 2. The highest BCUT2D eigenvalue weighted by Crippen LogP contribution is 2.53. The number of esters is 2. The van der Waals surface area contributed by atoms with Gasteiger partial charge in [-0.15, -0.1) is 0 Å². The van der Waals surface area contributed by atoms with Crippen LogP contribution in [-0.2, 0) is 45.8 Å². The fraction of sp³-hybridized carbons (Fsp3) is 0.300. The molecule has 2 aromatic carbocycles. The van der Waals surface area contributed by atoms with Crippen LogP contribution in [0.2, 0.25) is 0 Å². The third kappa shape index (κ3) is 11.0. The number of phosphoric ester groups is 4. The number of rotatable bonds is 12. The molecule has 2 aromatic rings. The second-order valence-electron chi connectivity index (χ2n) is 8.71. The molecule has 2 unspecified atom stereocenters. The minimum atomic E-state index is -5.86. The third-order valence-corrected chi connectivity index (χ3v) is 7.56. The molecule has 0 saturated heterocycles. The van der Waals surface area contributed by atoms with Crippen LogP contribution in [-0.4, -0.2) is 87.7 Å². The van der Waals surface area contributed by atoms with Gasteiger partial charge in [0.2, 0.25) is 0 Å². The highest BCUT2D eigenvalue weighted by Gasteiger charge is 2.62. The van der Waals surface area contributed by atoms with Crippen molar-refractivity contribution < 1.29 is 94.6 Å². The first kappa shape index (κ1) is 36.3. The van der Waals surface area contributed by atoms with Gasteiger partial charge < -0.3 is 48.6 Å². The predicted octanol–water partition coefficient (Wildman–Crippen LogP) is 0.363. The predicted molar refractivity (Wildman–Crippen MR) is 139 cm³/mol. The van der Waals surface area contributed by atoms with Gasteiger partial charge >= 0.3 is 43.2 Å². The molecular weight excluding hydrogens is 684 g/mol. The maximum atomic E-state index is 13.0. The van der Waals surface area contributed by atoms with Crippen LogP contribution in [0.5, 0.6) is 0 Å². The van der Waals surface area contributed by atoms with Gasteiger partial charge in [-0.25, -0.2) is 27.8 Å². The number of carbonyl (C=O) groups excluding carboxylic acids is 2. The zero-order valence-corrected chi connectivity index (χ0v) is 25.1.